The van der Waals surface area contributed by atoms with Crippen molar-refractivity contribution in [3.63, 3.8) is 0 Å². The van der Waals surface area contributed by atoms with Gasteiger partial charge in [0.25, 0.3) is 0 Å². The van der Waals surface area contributed by atoms with Gasteiger partial charge in [0.2, 0.25) is 0 Å². The highest BCUT2D eigenvalue weighted by atomic mass is 79.9. The van der Waals surface area contributed by atoms with Crippen molar-refractivity contribution in [2.75, 3.05) is 17.7 Å². The molecule has 0 saturated heterocycles. The molecular formula is C22H15BrClN3O3S. The molecule has 0 aliphatic carbocycles. The van der Waals surface area contributed by atoms with Gasteiger partial charge in [0, 0.05) is 31.9 Å². The largest absolute Gasteiger partial charge is 0.465 e. The third-order valence-electron chi connectivity index (χ3n) is 4.48. The van der Waals surface area contributed by atoms with Crippen molar-refractivity contribution in [3.05, 3.63) is 75.3 Å². The lowest BCUT2D eigenvalue weighted by atomic mass is 10.1. The van der Waals surface area contributed by atoms with E-state index in [0.717, 1.165) is 20.8 Å². The number of nitrogens with zero attached hydrogens (tertiary/aromatic N) is 1. The third kappa shape index (κ3) is 4.41. The van der Waals surface area contributed by atoms with Gasteiger partial charge in [-0.25, -0.2) is 9.59 Å². The molecule has 0 aliphatic rings. The predicted octanol–water partition coefficient (Wildman–Crippen LogP) is 6.81. The van der Waals surface area contributed by atoms with E-state index in [2.05, 4.69) is 31.5 Å². The molecule has 0 fully saturated rings. The van der Waals surface area contributed by atoms with Crippen molar-refractivity contribution in [1.29, 1.82) is 0 Å². The summed E-state index contributed by atoms with van der Waals surface area (Å²) in [5.41, 5.74) is 1.61. The van der Waals surface area contributed by atoms with E-state index in [-0.39, 0.29) is 4.88 Å². The van der Waals surface area contributed by atoms with E-state index in [9.17, 15) is 9.59 Å². The average Bonchev–Trinajstić information content (AvgIpc) is 3.16. The van der Waals surface area contributed by atoms with Gasteiger partial charge in [0.15, 0.2) is 0 Å². The van der Waals surface area contributed by atoms with Crippen molar-refractivity contribution < 1.29 is 14.3 Å². The molecule has 0 aliphatic heterocycles. The molecule has 0 spiro atoms. The number of benzene rings is 2. The van der Waals surface area contributed by atoms with Crippen LogP contribution in [0.2, 0.25) is 5.02 Å². The molecule has 0 atom stereocenters. The minimum Gasteiger partial charge on any atom is -0.465 e. The van der Waals surface area contributed by atoms with Gasteiger partial charge in [0.1, 0.15) is 4.88 Å². The molecular weight excluding hydrogens is 502 g/mol. The number of rotatable bonds is 4. The van der Waals surface area contributed by atoms with E-state index in [4.69, 9.17) is 16.3 Å². The molecule has 4 rings (SSSR count). The third-order valence-corrected chi connectivity index (χ3v) is 6.59. The Bertz CT molecular complexity index is 1280. The van der Waals surface area contributed by atoms with Gasteiger partial charge in [-0.3, -0.25) is 4.98 Å². The SMILES string of the molecule is COC(=O)c1sc(-c2c(Cl)cccc2Br)cc1NC(=O)Nc1cncc2ccccc12. The van der Waals surface area contributed by atoms with Gasteiger partial charge in [0.05, 0.1) is 29.7 Å². The molecule has 6 nitrogen and oxygen atoms in total. The zero-order valence-corrected chi connectivity index (χ0v) is 19.3. The molecule has 9 heteroatoms. The lowest BCUT2D eigenvalue weighted by Crippen LogP contribution is -2.20. The second-order valence-corrected chi connectivity index (χ2v) is 8.74. The number of aromatic nitrogens is 1. The van der Waals surface area contributed by atoms with Crippen LogP contribution in [-0.4, -0.2) is 24.1 Å². The summed E-state index contributed by atoms with van der Waals surface area (Å²) in [6, 6.07) is 14.2. The number of pyridine rings is 1. The molecule has 2 heterocycles. The van der Waals surface area contributed by atoms with E-state index in [1.807, 2.05) is 36.4 Å². The maximum absolute atomic E-state index is 12.7. The molecule has 2 aromatic heterocycles. The van der Waals surface area contributed by atoms with Crippen LogP contribution in [0.1, 0.15) is 9.67 Å². The molecule has 31 heavy (non-hydrogen) atoms. The van der Waals surface area contributed by atoms with Crippen LogP contribution in [0, 0.1) is 0 Å². The Morgan fingerprint density at radius 2 is 1.84 bits per heavy atom. The summed E-state index contributed by atoms with van der Waals surface area (Å²) in [6.45, 7) is 0. The minimum atomic E-state index is -0.554. The molecule has 2 aromatic carbocycles. The number of ether oxygens (including phenoxy) is 1. The molecule has 0 radical (unpaired) electrons. The lowest BCUT2D eigenvalue weighted by Gasteiger charge is -2.09. The fourth-order valence-corrected chi connectivity index (χ4v) is 5.34. The van der Waals surface area contributed by atoms with Gasteiger partial charge in [-0.1, -0.05) is 57.9 Å². The normalized spacial score (nSPS) is 10.7. The number of urea groups is 1. The molecule has 4 aromatic rings. The van der Waals surface area contributed by atoms with E-state index < -0.39 is 12.0 Å². The van der Waals surface area contributed by atoms with Crippen LogP contribution in [-0.2, 0) is 4.74 Å². The van der Waals surface area contributed by atoms with Crippen LogP contribution in [0.4, 0.5) is 16.2 Å². The summed E-state index contributed by atoms with van der Waals surface area (Å²) >= 11 is 11.0. The molecule has 2 N–H and O–H groups in total. The summed E-state index contributed by atoms with van der Waals surface area (Å²) in [6.07, 6.45) is 3.30. The zero-order chi connectivity index (χ0) is 22.0. The lowest BCUT2D eigenvalue weighted by molar-refractivity contribution is 0.0607. The molecule has 0 unspecified atom stereocenters. The van der Waals surface area contributed by atoms with Gasteiger partial charge in [-0.05, 0) is 18.2 Å². The first kappa shape index (κ1) is 21.3. The quantitative estimate of drug-likeness (QED) is 0.292. The van der Waals surface area contributed by atoms with Crippen molar-refractivity contribution in [1.82, 2.24) is 4.98 Å². The number of thiophene rings is 1. The zero-order valence-electron chi connectivity index (χ0n) is 16.1. The second-order valence-electron chi connectivity index (χ2n) is 6.43. The number of methoxy groups -OCH3 is 1. The number of esters is 1. The Kier molecular flexibility index (Phi) is 6.22. The number of hydrogen-bond donors (Lipinski definition) is 2. The average molecular weight is 517 g/mol. The second kappa shape index (κ2) is 9.05. The van der Waals surface area contributed by atoms with Gasteiger partial charge < -0.3 is 15.4 Å². The maximum atomic E-state index is 12.7. The fraction of sp³-hybridized carbons (Fsp3) is 0.0455. The van der Waals surface area contributed by atoms with Crippen LogP contribution in [0.5, 0.6) is 0 Å². The van der Waals surface area contributed by atoms with Crippen molar-refractivity contribution in [2.24, 2.45) is 0 Å². The number of hydrogen-bond acceptors (Lipinski definition) is 5. The number of carbonyl (C=O) groups excluding carboxylic acids is 2. The standard InChI is InChI=1S/C22H15BrClN3O3S/c1-30-21(28)20-16(9-18(31-20)19-14(23)7-4-8-15(19)24)26-22(29)27-17-11-25-10-12-5-2-3-6-13(12)17/h2-11H,1H3,(H2,26,27,29). The Hall–Kier alpha value is -2.94. The Morgan fingerprint density at radius 1 is 1.06 bits per heavy atom. The van der Waals surface area contributed by atoms with Crippen LogP contribution < -0.4 is 10.6 Å². The summed E-state index contributed by atoms with van der Waals surface area (Å²) in [7, 11) is 1.29. The molecule has 156 valence electrons. The van der Waals surface area contributed by atoms with Gasteiger partial charge in [-0.2, -0.15) is 0 Å². The van der Waals surface area contributed by atoms with Crippen LogP contribution in [0.25, 0.3) is 21.2 Å². The van der Waals surface area contributed by atoms with E-state index in [1.165, 1.54) is 18.4 Å². The molecule has 0 saturated carbocycles. The smallest absolute Gasteiger partial charge is 0.350 e. The number of halogens is 2. The van der Waals surface area contributed by atoms with Gasteiger partial charge in [-0.15, -0.1) is 11.3 Å². The highest BCUT2D eigenvalue weighted by Gasteiger charge is 2.22. The summed E-state index contributed by atoms with van der Waals surface area (Å²) in [5.74, 6) is -0.554. The summed E-state index contributed by atoms with van der Waals surface area (Å²) < 4.78 is 5.66. The number of amides is 2. The van der Waals surface area contributed by atoms with Crippen LogP contribution in [0.15, 0.2) is 65.4 Å². The number of anilines is 2. The number of carbonyl (C=O) groups is 2. The van der Waals surface area contributed by atoms with Crippen molar-refractivity contribution >= 4 is 73.0 Å². The van der Waals surface area contributed by atoms with Crippen LogP contribution >= 0.6 is 38.9 Å². The Balaban J connectivity index is 1.66. The first-order valence-corrected chi connectivity index (χ1v) is 11.0. The fourth-order valence-electron chi connectivity index (χ4n) is 3.08. The predicted molar refractivity (Wildman–Crippen MR) is 128 cm³/mol. The van der Waals surface area contributed by atoms with Gasteiger partial charge >= 0.3 is 12.0 Å². The summed E-state index contributed by atoms with van der Waals surface area (Å²) in [5, 5.41) is 7.81. The maximum Gasteiger partial charge on any atom is 0.350 e. The van der Waals surface area contributed by atoms with Crippen molar-refractivity contribution in [2.45, 2.75) is 0 Å². The Labute approximate surface area is 195 Å². The first-order valence-electron chi connectivity index (χ1n) is 9.05. The van der Waals surface area contributed by atoms with Crippen LogP contribution in [0.3, 0.4) is 0 Å². The molecule has 0 bridgehead atoms. The number of nitrogens with one attached hydrogen (secondary N) is 2. The topological polar surface area (TPSA) is 80.3 Å². The van der Waals surface area contributed by atoms with E-state index in [0.29, 0.717) is 21.3 Å². The monoisotopic (exact) mass is 515 g/mol. The van der Waals surface area contributed by atoms with E-state index >= 15 is 0 Å². The molecule has 2 amide bonds. The summed E-state index contributed by atoms with van der Waals surface area (Å²) in [4.78, 5) is 30.2. The van der Waals surface area contributed by atoms with E-state index in [1.54, 1.807) is 24.5 Å². The highest BCUT2D eigenvalue weighted by Crippen LogP contribution is 2.42. The first-order chi connectivity index (χ1) is 15.0. The Morgan fingerprint density at radius 3 is 2.61 bits per heavy atom. The van der Waals surface area contributed by atoms with Crippen molar-refractivity contribution in [3.8, 4) is 10.4 Å². The minimum absolute atomic E-state index is 0.260. The highest BCUT2D eigenvalue weighted by molar-refractivity contribution is 9.10. The number of fused-ring (bicyclic) bond motifs is 1.